The molecule has 2 aromatic rings. The van der Waals surface area contributed by atoms with Gasteiger partial charge in [0.1, 0.15) is 11.5 Å². The first-order chi connectivity index (χ1) is 12.7. The Bertz CT molecular complexity index is 782. The molecule has 0 aromatic heterocycles. The molecule has 5 heteroatoms. The molecule has 2 amide bonds. The molecule has 0 unspecified atom stereocenters. The topological polar surface area (TPSA) is 67.4 Å². The molecule has 0 spiro atoms. The quantitative estimate of drug-likeness (QED) is 0.813. The van der Waals surface area contributed by atoms with Crippen LogP contribution in [0.5, 0.6) is 11.5 Å². The molecule has 2 aromatic carbocycles. The van der Waals surface area contributed by atoms with Crippen molar-refractivity contribution in [3.05, 3.63) is 59.7 Å². The summed E-state index contributed by atoms with van der Waals surface area (Å²) in [6, 6.07) is 15.0. The molecule has 0 atom stereocenters. The Balaban J connectivity index is 1.53. The van der Waals surface area contributed by atoms with E-state index in [1.54, 1.807) is 0 Å². The predicted molar refractivity (Wildman–Crippen MR) is 97.7 cm³/mol. The van der Waals surface area contributed by atoms with E-state index in [4.69, 9.17) is 4.74 Å². The van der Waals surface area contributed by atoms with E-state index in [1.165, 1.54) is 6.42 Å². The number of fused-ring (bicyclic) bond motifs is 2. The zero-order valence-electron chi connectivity index (χ0n) is 14.5. The van der Waals surface area contributed by atoms with Crippen LogP contribution in [0.1, 0.15) is 49.1 Å². The third-order valence-electron chi connectivity index (χ3n) is 5.23. The second-order valence-corrected chi connectivity index (χ2v) is 6.92. The predicted octanol–water partition coefficient (Wildman–Crippen LogP) is 3.65. The fourth-order valence-electron chi connectivity index (χ4n) is 3.85. The van der Waals surface area contributed by atoms with Gasteiger partial charge in [-0.25, -0.2) is 0 Å². The Morgan fingerprint density at radius 3 is 1.92 bits per heavy atom. The molecule has 1 heterocycles. The largest absolute Gasteiger partial charge is 0.457 e. The highest BCUT2D eigenvalue weighted by Gasteiger charge is 2.33. The Kier molecular flexibility index (Phi) is 4.61. The van der Waals surface area contributed by atoms with Crippen LogP contribution in [0.4, 0.5) is 0 Å². The van der Waals surface area contributed by atoms with Crippen LogP contribution in [0, 0.1) is 5.92 Å². The summed E-state index contributed by atoms with van der Waals surface area (Å²) < 4.78 is 5.91. The summed E-state index contributed by atoms with van der Waals surface area (Å²) in [4.78, 5) is 25.3. The molecule has 2 N–H and O–H groups in total. The van der Waals surface area contributed by atoms with E-state index >= 15 is 0 Å². The molecule has 0 radical (unpaired) electrons. The maximum absolute atomic E-state index is 12.9. The van der Waals surface area contributed by atoms with Crippen molar-refractivity contribution < 1.29 is 14.3 Å². The van der Waals surface area contributed by atoms with Crippen LogP contribution in [-0.4, -0.2) is 11.8 Å². The van der Waals surface area contributed by atoms with E-state index in [1.807, 2.05) is 48.5 Å². The number of amides is 2. The minimum absolute atomic E-state index is 0.00156. The smallest absolute Gasteiger partial charge is 0.250 e. The van der Waals surface area contributed by atoms with E-state index in [-0.39, 0.29) is 17.7 Å². The zero-order valence-corrected chi connectivity index (χ0v) is 14.5. The van der Waals surface area contributed by atoms with Gasteiger partial charge in [-0.1, -0.05) is 55.7 Å². The van der Waals surface area contributed by atoms with Crippen molar-refractivity contribution in [3.8, 4) is 11.5 Å². The molecular weight excluding hydrogens is 328 g/mol. The number of para-hydroxylation sites is 2. The highest BCUT2D eigenvalue weighted by molar-refractivity contribution is 5.91. The van der Waals surface area contributed by atoms with Crippen LogP contribution in [-0.2, 0) is 9.59 Å². The van der Waals surface area contributed by atoms with E-state index < -0.39 is 5.92 Å². The van der Waals surface area contributed by atoms with Crippen molar-refractivity contribution in [1.82, 2.24) is 10.9 Å². The summed E-state index contributed by atoms with van der Waals surface area (Å²) in [7, 11) is 0. The number of carbonyl (C=O) groups excluding carboxylic acids is 2. The first-order valence-corrected chi connectivity index (χ1v) is 9.19. The van der Waals surface area contributed by atoms with Gasteiger partial charge >= 0.3 is 0 Å². The number of nitrogens with one attached hydrogen (secondary N) is 2. The highest BCUT2D eigenvalue weighted by atomic mass is 16.5. The van der Waals surface area contributed by atoms with Crippen LogP contribution in [0.25, 0.3) is 0 Å². The first kappa shape index (κ1) is 16.6. The third kappa shape index (κ3) is 3.17. The zero-order chi connectivity index (χ0) is 17.9. The monoisotopic (exact) mass is 350 g/mol. The summed E-state index contributed by atoms with van der Waals surface area (Å²) in [5, 5.41) is 0. The normalized spacial score (nSPS) is 16.8. The van der Waals surface area contributed by atoms with Crippen molar-refractivity contribution in [1.29, 1.82) is 0 Å². The minimum atomic E-state index is -0.511. The lowest BCUT2D eigenvalue weighted by atomic mass is 9.87. The van der Waals surface area contributed by atoms with Crippen LogP contribution in [0.15, 0.2) is 48.5 Å². The fourth-order valence-corrected chi connectivity index (χ4v) is 3.85. The number of rotatable bonds is 2. The van der Waals surface area contributed by atoms with Crippen molar-refractivity contribution in [2.45, 2.75) is 38.0 Å². The van der Waals surface area contributed by atoms with Gasteiger partial charge in [0.15, 0.2) is 0 Å². The summed E-state index contributed by atoms with van der Waals surface area (Å²) in [6.45, 7) is 0. The van der Waals surface area contributed by atoms with E-state index in [2.05, 4.69) is 10.9 Å². The van der Waals surface area contributed by atoms with Crippen LogP contribution in [0.3, 0.4) is 0 Å². The maximum Gasteiger partial charge on any atom is 0.250 e. The number of hydrazine groups is 1. The lowest BCUT2D eigenvalue weighted by Crippen LogP contribution is -2.47. The second-order valence-electron chi connectivity index (χ2n) is 6.92. The molecule has 1 fully saturated rings. The Hall–Kier alpha value is -2.82. The number of carbonyl (C=O) groups is 2. The van der Waals surface area contributed by atoms with Gasteiger partial charge in [-0.3, -0.25) is 20.4 Å². The van der Waals surface area contributed by atoms with E-state index in [9.17, 15) is 9.59 Å². The third-order valence-corrected chi connectivity index (χ3v) is 5.23. The van der Waals surface area contributed by atoms with Crippen molar-refractivity contribution >= 4 is 11.8 Å². The SMILES string of the molecule is O=C(NNC(=O)C1c2ccccc2Oc2ccccc21)C1CCCCC1. The molecule has 1 aliphatic heterocycles. The second kappa shape index (κ2) is 7.20. The lowest BCUT2D eigenvalue weighted by Gasteiger charge is -2.28. The average Bonchev–Trinajstić information content (AvgIpc) is 2.70. The fraction of sp³-hybridized carbons (Fsp3) is 0.333. The van der Waals surface area contributed by atoms with Gasteiger partial charge in [0, 0.05) is 17.0 Å². The number of ether oxygens (including phenoxy) is 1. The molecule has 1 saturated carbocycles. The van der Waals surface area contributed by atoms with Crippen LogP contribution >= 0.6 is 0 Å². The van der Waals surface area contributed by atoms with Crippen molar-refractivity contribution in [2.75, 3.05) is 0 Å². The minimum Gasteiger partial charge on any atom is -0.457 e. The number of hydrogen-bond donors (Lipinski definition) is 2. The number of benzene rings is 2. The standard InChI is InChI=1S/C21H22N2O3/c24-20(14-8-2-1-3-9-14)22-23-21(25)19-15-10-4-6-12-17(15)26-18-13-7-5-11-16(18)19/h4-7,10-14,19H,1-3,8-9H2,(H,22,24)(H,23,25). The molecule has 134 valence electrons. The van der Waals surface area contributed by atoms with Gasteiger partial charge in [0.25, 0.3) is 5.91 Å². The summed E-state index contributed by atoms with van der Waals surface area (Å²) in [5.74, 6) is 0.486. The van der Waals surface area contributed by atoms with Gasteiger partial charge < -0.3 is 4.74 Å². The first-order valence-electron chi connectivity index (χ1n) is 9.19. The van der Waals surface area contributed by atoms with Gasteiger partial charge in [-0.05, 0) is 25.0 Å². The van der Waals surface area contributed by atoms with Gasteiger partial charge in [0.05, 0.1) is 5.92 Å². The van der Waals surface area contributed by atoms with Crippen molar-refractivity contribution in [2.24, 2.45) is 5.92 Å². The molecule has 0 bridgehead atoms. The summed E-state index contributed by atoms with van der Waals surface area (Å²) in [6.07, 6.45) is 5.13. The van der Waals surface area contributed by atoms with Crippen LogP contribution in [0.2, 0.25) is 0 Å². The Morgan fingerprint density at radius 2 is 1.31 bits per heavy atom. The molecule has 2 aliphatic rings. The Morgan fingerprint density at radius 1 is 0.769 bits per heavy atom. The van der Waals surface area contributed by atoms with Gasteiger partial charge in [-0.2, -0.15) is 0 Å². The maximum atomic E-state index is 12.9. The molecule has 26 heavy (non-hydrogen) atoms. The summed E-state index contributed by atoms with van der Waals surface area (Å²) in [5.41, 5.74) is 6.87. The van der Waals surface area contributed by atoms with E-state index in [0.717, 1.165) is 36.8 Å². The Labute approximate surface area is 152 Å². The van der Waals surface area contributed by atoms with Crippen molar-refractivity contribution in [3.63, 3.8) is 0 Å². The molecule has 0 saturated heterocycles. The molecule has 4 rings (SSSR count). The molecule has 5 nitrogen and oxygen atoms in total. The summed E-state index contributed by atoms with van der Waals surface area (Å²) >= 11 is 0. The van der Waals surface area contributed by atoms with Gasteiger partial charge in [0.2, 0.25) is 5.91 Å². The molecule has 1 aliphatic carbocycles. The lowest BCUT2D eigenvalue weighted by molar-refractivity contribution is -0.132. The highest BCUT2D eigenvalue weighted by Crippen LogP contribution is 2.43. The molecular formula is C21H22N2O3. The van der Waals surface area contributed by atoms with Crippen LogP contribution < -0.4 is 15.6 Å². The number of hydrogen-bond acceptors (Lipinski definition) is 3. The van der Waals surface area contributed by atoms with E-state index in [0.29, 0.717) is 11.5 Å². The van der Waals surface area contributed by atoms with Gasteiger partial charge in [-0.15, -0.1) is 0 Å². The average molecular weight is 350 g/mol.